The van der Waals surface area contributed by atoms with E-state index < -0.39 is 0 Å². The number of anilines is 2. The van der Waals surface area contributed by atoms with Crippen LogP contribution in [0.5, 0.6) is 11.5 Å². The molecule has 5 nitrogen and oxygen atoms in total. The quantitative estimate of drug-likeness (QED) is 0.662. The molecule has 1 aliphatic heterocycles. The topological polar surface area (TPSA) is 46.6 Å². The molecular formula is C25H29N3O2. The molecule has 2 aliphatic rings. The molecule has 5 rings (SSSR count). The van der Waals surface area contributed by atoms with E-state index in [1.165, 1.54) is 29.1 Å². The molecule has 0 bridgehead atoms. The van der Waals surface area contributed by atoms with Crippen LogP contribution in [-0.2, 0) is 12.8 Å². The van der Waals surface area contributed by atoms with Gasteiger partial charge in [-0.25, -0.2) is 0 Å². The van der Waals surface area contributed by atoms with Crippen molar-refractivity contribution < 1.29 is 9.47 Å². The van der Waals surface area contributed by atoms with Crippen molar-refractivity contribution in [3.8, 4) is 11.5 Å². The normalized spacial score (nSPS) is 16.5. The van der Waals surface area contributed by atoms with Crippen LogP contribution in [0, 0.1) is 0 Å². The number of para-hydroxylation sites is 1. The summed E-state index contributed by atoms with van der Waals surface area (Å²) >= 11 is 0. The highest BCUT2D eigenvalue weighted by Gasteiger charge is 2.25. The molecule has 0 amide bonds. The minimum absolute atomic E-state index is 0.466. The number of ether oxygens (including phenoxy) is 2. The third kappa shape index (κ3) is 3.42. The van der Waals surface area contributed by atoms with Crippen molar-refractivity contribution in [2.75, 3.05) is 37.5 Å². The summed E-state index contributed by atoms with van der Waals surface area (Å²) in [7, 11) is 3.37. The van der Waals surface area contributed by atoms with E-state index in [2.05, 4.69) is 46.6 Å². The smallest absolute Gasteiger partial charge is 0.162 e. The van der Waals surface area contributed by atoms with Crippen molar-refractivity contribution in [2.24, 2.45) is 0 Å². The molecular weight excluding hydrogens is 374 g/mol. The van der Waals surface area contributed by atoms with Gasteiger partial charge in [0.2, 0.25) is 0 Å². The number of nitrogens with one attached hydrogen (secondary N) is 1. The standard InChI is InChI=1S/C25H29N3O2/c1-29-23-15-20-22(16-24(23)30-2)27-21-10-6-9-19(21)25(20)26-17-11-13-28(14-12-17)18-7-4-3-5-8-18/h3-5,7-8,15-17H,6,9-14H2,1-2H3,(H,26,27). The Morgan fingerprint density at radius 1 is 0.967 bits per heavy atom. The fourth-order valence-corrected chi connectivity index (χ4v) is 4.88. The van der Waals surface area contributed by atoms with Gasteiger partial charge in [0, 0.05) is 47.7 Å². The van der Waals surface area contributed by atoms with E-state index in [1.54, 1.807) is 14.2 Å². The number of pyridine rings is 1. The molecule has 3 aromatic rings. The third-order valence-electron chi connectivity index (χ3n) is 6.48. The van der Waals surface area contributed by atoms with E-state index in [1.807, 2.05) is 6.07 Å². The predicted molar refractivity (Wildman–Crippen MR) is 122 cm³/mol. The number of piperidine rings is 1. The van der Waals surface area contributed by atoms with Crippen LogP contribution in [0.4, 0.5) is 11.4 Å². The number of benzene rings is 2. The lowest BCUT2D eigenvalue weighted by molar-refractivity contribution is 0.356. The van der Waals surface area contributed by atoms with E-state index in [4.69, 9.17) is 14.5 Å². The first-order valence-electron chi connectivity index (χ1n) is 10.9. The van der Waals surface area contributed by atoms with Crippen molar-refractivity contribution in [3.63, 3.8) is 0 Å². The summed E-state index contributed by atoms with van der Waals surface area (Å²) in [5, 5.41) is 5.06. The summed E-state index contributed by atoms with van der Waals surface area (Å²) in [5.74, 6) is 1.49. The van der Waals surface area contributed by atoms with Crippen LogP contribution >= 0.6 is 0 Å². The number of fused-ring (bicyclic) bond motifs is 2. The summed E-state index contributed by atoms with van der Waals surface area (Å²) in [6.07, 6.45) is 5.58. The van der Waals surface area contributed by atoms with Crippen molar-refractivity contribution in [1.29, 1.82) is 0 Å². The van der Waals surface area contributed by atoms with Gasteiger partial charge in [-0.3, -0.25) is 4.98 Å². The van der Waals surface area contributed by atoms with Crippen molar-refractivity contribution in [3.05, 3.63) is 53.7 Å². The summed E-state index contributed by atoms with van der Waals surface area (Å²) in [6, 6.07) is 15.3. The number of aryl methyl sites for hydroxylation is 1. The maximum atomic E-state index is 5.58. The number of hydrogen-bond acceptors (Lipinski definition) is 5. The van der Waals surface area contributed by atoms with E-state index in [-0.39, 0.29) is 0 Å². The molecule has 1 saturated heterocycles. The number of hydrogen-bond donors (Lipinski definition) is 1. The van der Waals surface area contributed by atoms with E-state index in [0.717, 1.165) is 61.2 Å². The fraction of sp³-hybridized carbons (Fsp3) is 0.400. The third-order valence-corrected chi connectivity index (χ3v) is 6.48. The molecule has 0 atom stereocenters. The summed E-state index contributed by atoms with van der Waals surface area (Å²) in [4.78, 5) is 7.45. The zero-order chi connectivity index (χ0) is 20.5. The Balaban J connectivity index is 1.44. The minimum atomic E-state index is 0.466. The molecule has 0 spiro atoms. The molecule has 0 radical (unpaired) electrons. The summed E-state index contributed by atoms with van der Waals surface area (Å²) in [5.41, 5.74) is 6.19. The van der Waals surface area contributed by atoms with Crippen LogP contribution in [0.2, 0.25) is 0 Å². The monoisotopic (exact) mass is 403 g/mol. The van der Waals surface area contributed by atoms with Gasteiger partial charge in [0.15, 0.2) is 11.5 Å². The van der Waals surface area contributed by atoms with E-state index in [9.17, 15) is 0 Å². The molecule has 1 aliphatic carbocycles. The Labute approximate surface area is 178 Å². The summed E-state index contributed by atoms with van der Waals surface area (Å²) < 4.78 is 11.1. The minimum Gasteiger partial charge on any atom is -0.493 e. The van der Waals surface area contributed by atoms with Gasteiger partial charge in [0.25, 0.3) is 0 Å². The lowest BCUT2D eigenvalue weighted by Crippen LogP contribution is -2.39. The highest BCUT2D eigenvalue weighted by molar-refractivity contribution is 5.96. The van der Waals surface area contributed by atoms with Gasteiger partial charge < -0.3 is 19.7 Å². The SMILES string of the molecule is COc1cc2nc3c(c(NC4CCN(c5ccccc5)CC4)c2cc1OC)CCC3. The number of nitrogens with zero attached hydrogens (tertiary/aromatic N) is 2. The second-order valence-electron chi connectivity index (χ2n) is 8.23. The lowest BCUT2D eigenvalue weighted by Gasteiger charge is -2.35. The van der Waals surface area contributed by atoms with Crippen LogP contribution in [0.25, 0.3) is 10.9 Å². The van der Waals surface area contributed by atoms with Crippen LogP contribution in [-0.4, -0.2) is 38.3 Å². The van der Waals surface area contributed by atoms with E-state index in [0.29, 0.717) is 6.04 Å². The summed E-state index contributed by atoms with van der Waals surface area (Å²) in [6.45, 7) is 2.15. The van der Waals surface area contributed by atoms with Gasteiger partial charge in [-0.15, -0.1) is 0 Å². The average molecular weight is 404 g/mol. The van der Waals surface area contributed by atoms with Gasteiger partial charge >= 0.3 is 0 Å². The van der Waals surface area contributed by atoms with Gasteiger partial charge in [-0.05, 0) is 55.9 Å². The molecule has 0 unspecified atom stereocenters. The van der Waals surface area contributed by atoms with Crippen molar-refractivity contribution >= 4 is 22.3 Å². The van der Waals surface area contributed by atoms with Gasteiger partial charge in [0.05, 0.1) is 19.7 Å². The maximum Gasteiger partial charge on any atom is 0.162 e. The maximum absolute atomic E-state index is 5.58. The number of methoxy groups -OCH3 is 2. The molecule has 0 saturated carbocycles. The zero-order valence-corrected chi connectivity index (χ0v) is 17.8. The second-order valence-corrected chi connectivity index (χ2v) is 8.23. The zero-order valence-electron chi connectivity index (χ0n) is 17.8. The number of aromatic nitrogens is 1. The molecule has 2 heterocycles. The highest BCUT2D eigenvalue weighted by atomic mass is 16.5. The predicted octanol–water partition coefficient (Wildman–Crippen LogP) is 4.82. The average Bonchev–Trinajstić information content (AvgIpc) is 3.27. The first-order chi connectivity index (χ1) is 14.8. The van der Waals surface area contributed by atoms with Gasteiger partial charge in [0.1, 0.15) is 0 Å². The van der Waals surface area contributed by atoms with Gasteiger partial charge in [-0.1, -0.05) is 18.2 Å². The van der Waals surface area contributed by atoms with Crippen LogP contribution < -0.4 is 19.7 Å². The molecule has 2 aromatic carbocycles. The Morgan fingerprint density at radius 2 is 1.70 bits per heavy atom. The highest BCUT2D eigenvalue weighted by Crippen LogP contribution is 2.40. The molecule has 1 fully saturated rings. The molecule has 5 heteroatoms. The Morgan fingerprint density at radius 3 is 2.43 bits per heavy atom. The lowest BCUT2D eigenvalue weighted by atomic mass is 10.0. The second kappa shape index (κ2) is 8.05. The van der Waals surface area contributed by atoms with Crippen molar-refractivity contribution in [1.82, 2.24) is 4.98 Å². The fourth-order valence-electron chi connectivity index (χ4n) is 4.88. The first-order valence-corrected chi connectivity index (χ1v) is 10.9. The number of rotatable bonds is 5. The van der Waals surface area contributed by atoms with Crippen LogP contribution in [0.15, 0.2) is 42.5 Å². The van der Waals surface area contributed by atoms with Crippen molar-refractivity contribution in [2.45, 2.75) is 38.1 Å². The largest absolute Gasteiger partial charge is 0.493 e. The van der Waals surface area contributed by atoms with Crippen LogP contribution in [0.3, 0.4) is 0 Å². The molecule has 30 heavy (non-hydrogen) atoms. The molecule has 1 N–H and O–H groups in total. The molecule has 1 aromatic heterocycles. The van der Waals surface area contributed by atoms with Gasteiger partial charge in [-0.2, -0.15) is 0 Å². The Kier molecular flexibility index (Phi) is 5.11. The van der Waals surface area contributed by atoms with Crippen LogP contribution in [0.1, 0.15) is 30.5 Å². The Bertz CT molecular complexity index is 1040. The first kappa shape index (κ1) is 19.0. The van der Waals surface area contributed by atoms with E-state index >= 15 is 0 Å². The Hall–Kier alpha value is -2.95. The molecule has 156 valence electrons.